The number of hydrogen-bond acceptors (Lipinski definition) is 6. The van der Waals surface area contributed by atoms with E-state index in [1.165, 1.54) is 0 Å². The van der Waals surface area contributed by atoms with Crippen molar-refractivity contribution in [3.8, 4) is 0 Å². The number of amidine groups is 1. The first-order chi connectivity index (χ1) is 20.8. The molecule has 220 valence electrons. The molecular weight excluding hydrogens is 544 g/mol. The van der Waals surface area contributed by atoms with E-state index in [9.17, 15) is 14.4 Å². The molecule has 4 rings (SSSR count). The van der Waals surface area contributed by atoms with E-state index in [4.69, 9.17) is 22.4 Å². The first-order valence-corrected chi connectivity index (χ1v) is 13.7. The minimum atomic E-state index is -0.951. The van der Waals surface area contributed by atoms with Gasteiger partial charge in [0.25, 0.3) is 0 Å². The molecule has 0 aliphatic carbocycles. The van der Waals surface area contributed by atoms with Crippen LogP contribution in [0.25, 0.3) is 0 Å². The summed E-state index contributed by atoms with van der Waals surface area (Å²) >= 11 is 0. The van der Waals surface area contributed by atoms with Gasteiger partial charge in [0.05, 0.1) is 5.92 Å². The summed E-state index contributed by atoms with van der Waals surface area (Å²) in [4.78, 5) is 38.9. The molecule has 43 heavy (non-hydrogen) atoms. The molecule has 2 unspecified atom stereocenters. The summed E-state index contributed by atoms with van der Waals surface area (Å²) in [5.41, 5.74) is 20.9. The Morgan fingerprint density at radius 2 is 1.33 bits per heavy atom. The molecule has 10 heteroatoms. The van der Waals surface area contributed by atoms with Crippen LogP contribution >= 0.6 is 0 Å². The predicted octanol–water partition coefficient (Wildman–Crippen LogP) is 2.44. The molecule has 4 aromatic carbocycles. The zero-order valence-corrected chi connectivity index (χ0v) is 23.4. The lowest BCUT2D eigenvalue weighted by Crippen LogP contribution is -2.49. The van der Waals surface area contributed by atoms with Crippen LogP contribution in [0.5, 0.6) is 0 Å². The maximum atomic E-state index is 13.9. The summed E-state index contributed by atoms with van der Waals surface area (Å²) in [6.45, 7) is 0.169. The minimum Gasteiger partial charge on any atom is -0.409 e. The number of benzene rings is 4. The average molecular weight is 579 g/mol. The topological polar surface area (TPSA) is 186 Å². The Morgan fingerprint density at radius 1 is 0.721 bits per heavy atom. The van der Waals surface area contributed by atoms with Gasteiger partial charge in [-0.1, -0.05) is 108 Å². The maximum absolute atomic E-state index is 13.9. The van der Waals surface area contributed by atoms with Gasteiger partial charge in [0.1, 0.15) is 12.1 Å². The van der Waals surface area contributed by atoms with Gasteiger partial charge < -0.3 is 33.0 Å². The number of nitrogens with one attached hydrogen (secondary N) is 2. The summed E-state index contributed by atoms with van der Waals surface area (Å²) in [6.07, 6.45) is 0.146. The van der Waals surface area contributed by atoms with Crippen LogP contribution in [0, 0.1) is 0 Å². The van der Waals surface area contributed by atoms with Crippen molar-refractivity contribution in [1.29, 1.82) is 0 Å². The molecule has 0 aliphatic rings. The van der Waals surface area contributed by atoms with E-state index in [1.807, 2.05) is 60.7 Å². The lowest BCUT2D eigenvalue weighted by Gasteiger charge is -2.23. The van der Waals surface area contributed by atoms with Gasteiger partial charge >= 0.3 is 0 Å². The van der Waals surface area contributed by atoms with E-state index in [0.29, 0.717) is 16.7 Å². The van der Waals surface area contributed by atoms with E-state index in [-0.39, 0.29) is 24.7 Å². The molecule has 3 amide bonds. The number of nitrogens with zero attached hydrogens (tertiary/aromatic N) is 1. The second kappa shape index (κ2) is 14.4. The standard InChI is InChI=1S/C33H34N6O4/c34-29(31(36)40)25-16-14-21(15-17-25)20-37-32(41)27(19-22-8-7-13-26(18-22)30(35)39-43)38-33(42)28(23-9-3-1-4-10-23)24-11-5-2-6-12-24/h1-18,27-29,43H,19-20,34H2,(H2,35,39)(H2,36,40)(H,37,41)(H,38,42). The highest BCUT2D eigenvalue weighted by molar-refractivity contribution is 5.97. The normalized spacial score (nSPS) is 12.7. The van der Waals surface area contributed by atoms with Gasteiger partial charge in [0, 0.05) is 18.5 Å². The molecule has 2 atom stereocenters. The van der Waals surface area contributed by atoms with Crippen LogP contribution in [0.3, 0.4) is 0 Å². The molecular formula is C33H34N6O4. The van der Waals surface area contributed by atoms with E-state index in [2.05, 4.69) is 15.8 Å². The molecule has 10 nitrogen and oxygen atoms in total. The summed E-state index contributed by atoms with van der Waals surface area (Å²) < 4.78 is 0. The molecule has 0 saturated heterocycles. The zero-order valence-electron chi connectivity index (χ0n) is 23.4. The number of carbonyl (C=O) groups is 3. The van der Waals surface area contributed by atoms with Crippen LogP contribution < -0.4 is 27.8 Å². The molecule has 0 fully saturated rings. The molecule has 0 radical (unpaired) electrons. The number of oxime groups is 1. The number of nitrogens with two attached hydrogens (primary N) is 3. The Hall–Kier alpha value is -5.48. The number of amides is 3. The van der Waals surface area contributed by atoms with Crippen molar-refractivity contribution in [3.63, 3.8) is 0 Å². The highest BCUT2D eigenvalue weighted by atomic mass is 16.4. The van der Waals surface area contributed by atoms with Crippen molar-refractivity contribution in [2.45, 2.75) is 31.0 Å². The van der Waals surface area contributed by atoms with Gasteiger partial charge in [-0.05, 0) is 33.9 Å². The fourth-order valence-corrected chi connectivity index (χ4v) is 4.72. The lowest BCUT2D eigenvalue weighted by atomic mass is 9.90. The van der Waals surface area contributed by atoms with E-state index >= 15 is 0 Å². The van der Waals surface area contributed by atoms with Gasteiger partial charge in [0.15, 0.2) is 5.84 Å². The molecule has 0 aliphatic heterocycles. The van der Waals surface area contributed by atoms with Crippen LogP contribution in [-0.4, -0.2) is 34.8 Å². The molecule has 0 bridgehead atoms. The third-order valence-corrected chi connectivity index (χ3v) is 7.04. The number of hydrogen-bond donors (Lipinski definition) is 6. The van der Waals surface area contributed by atoms with E-state index in [0.717, 1.165) is 16.7 Å². The molecule has 0 saturated carbocycles. The van der Waals surface area contributed by atoms with Crippen LogP contribution in [0.2, 0.25) is 0 Å². The summed E-state index contributed by atoms with van der Waals surface area (Å²) in [5, 5.41) is 18.0. The van der Waals surface area contributed by atoms with E-state index in [1.54, 1.807) is 48.5 Å². The Bertz CT molecular complexity index is 1540. The first kappa shape index (κ1) is 30.5. The van der Waals surface area contributed by atoms with Crippen molar-refractivity contribution in [3.05, 3.63) is 143 Å². The summed E-state index contributed by atoms with van der Waals surface area (Å²) in [7, 11) is 0. The van der Waals surface area contributed by atoms with Crippen molar-refractivity contribution >= 4 is 23.6 Å². The Balaban J connectivity index is 1.58. The molecule has 0 heterocycles. The highest BCUT2D eigenvalue weighted by Gasteiger charge is 2.28. The van der Waals surface area contributed by atoms with Gasteiger partial charge in [-0.15, -0.1) is 0 Å². The Morgan fingerprint density at radius 3 is 1.88 bits per heavy atom. The average Bonchev–Trinajstić information content (AvgIpc) is 3.04. The highest BCUT2D eigenvalue weighted by Crippen LogP contribution is 2.25. The van der Waals surface area contributed by atoms with E-state index < -0.39 is 29.8 Å². The third-order valence-electron chi connectivity index (χ3n) is 7.04. The maximum Gasteiger partial charge on any atom is 0.243 e. The first-order valence-electron chi connectivity index (χ1n) is 13.7. The fourth-order valence-electron chi connectivity index (χ4n) is 4.72. The smallest absolute Gasteiger partial charge is 0.243 e. The number of primary amides is 1. The zero-order chi connectivity index (χ0) is 30.8. The largest absolute Gasteiger partial charge is 0.409 e. The van der Waals surface area contributed by atoms with Crippen molar-refractivity contribution in [2.24, 2.45) is 22.4 Å². The van der Waals surface area contributed by atoms with Gasteiger partial charge in [-0.2, -0.15) is 0 Å². The molecule has 0 spiro atoms. The van der Waals surface area contributed by atoms with Gasteiger partial charge in [0.2, 0.25) is 17.7 Å². The van der Waals surface area contributed by atoms with Crippen LogP contribution in [0.4, 0.5) is 0 Å². The van der Waals surface area contributed by atoms with Crippen LogP contribution in [-0.2, 0) is 27.3 Å². The summed E-state index contributed by atoms with van der Waals surface area (Å²) in [6, 6.07) is 30.6. The molecule has 9 N–H and O–H groups in total. The molecule has 4 aromatic rings. The van der Waals surface area contributed by atoms with Gasteiger partial charge in [-0.3, -0.25) is 14.4 Å². The van der Waals surface area contributed by atoms with Crippen LogP contribution in [0.1, 0.15) is 45.3 Å². The Labute approximate surface area is 249 Å². The predicted molar refractivity (Wildman–Crippen MR) is 164 cm³/mol. The number of rotatable bonds is 12. The van der Waals surface area contributed by atoms with Crippen molar-refractivity contribution in [1.82, 2.24) is 10.6 Å². The van der Waals surface area contributed by atoms with Crippen molar-refractivity contribution < 1.29 is 19.6 Å². The van der Waals surface area contributed by atoms with Gasteiger partial charge in [-0.25, -0.2) is 0 Å². The fraction of sp³-hybridized carbons (Fsp3) is 0.152. The molecule has 0 aromatic heterocycles. The summed E-state index contributed by atoms with van der Waals surface area (Å²) in [5.74, 6) is -2.10. The van der Waals surface area contributed by atoms with Crippen molar-refractivity contribution in [2.75, 3.05) is 0 Å². The lowest BCUT2D eigenvalue weighted by molar-refractivity contribution is -0.129. The van der Waals surface area contributed by atoms with Crippen LogP contribution in [0.15, 0.2) is 114 Å². The monoisotopic (exact) mass is 578 g/mol. The second-order valence-corrected chi connectivity index (χ2v) is 10.0. The Kier molecular flexibility index (Phi) is 10.2. The second-order valence-electron chi connectivity index (χ2n) is 10.0. The minimum absolute atomic E-state index is 0.0698. The number of carbonyl (C=O) groups excluding carboxylic acids is 3. The SMILES string of the molecule is NC(=O)C(N)c1ccc(CNC(=O)C(Cc2cccc(/C(N)=N\O)c2)NC(=O)C(c2ccccc2)c2ccccc2)cc1. The third kappa shape index (κ3) is 8.05. The quantitative estimate of drug-likeness (QED) is 0.0648.